The molecule has 0 aromatic heterocycles. The van der Waals surface area contributed by atoms with Gasteiger partial charge in [0.15, 0.2) is 0 Å². The number of benzene rings is 1. The van der Waals surface area contributed by atoms with Gasteiger partial charge >= 0.3 is 11.9 Å². The van der Waals surface area contributed by atoms with Gasteiger partial charge < -0.3 is 10.2 Å². The standard InChI is InChI=1S/C11H11FO4/c1-6-8(11(15)16)4-7(5-9(6)12)2-3-10(13)14/h4-5H,2-3H2,1H3,(H,13,14)(H,15,16). The first kappa shape index (κ1) is 12.2. The van der Waals surface area contributed by atoms with Crippen LogP contribution in [0, 0.1) is 12.7 Å². The molecule has 0 bridgehead atoms. The lowest BCUT2D eigenvalue weighted by atomic mass is 10.0. The van der Waals surface area contributed by atoms with E-state index in [0.29, 0.717) is 5.56 Å². The van der Waals surface area contributed by atoms with Gasteiger partial charge in [-0.1, -0.05) is 0 Å². The van der Waals surface area contributed by atoms with Crippen LogP contribution in [0.1, 0.15) is 27.9 Å². The number of hydrogen-bond acceptors (Lipinski definition) is 2. The minimum atomic E-state index is -1.21. The first-order valence-corrected chi connectivity index (χ1v) is 4.66. The fraction of sp³-hybridized carbons (Fsp3) is 0.273. The van der Waals surface area contributed by atoms with E-state index in [1.54, 1.807) is 0 Å². The molecular weight excluding hydrogens is 215 g/mol. The van der Waals surface area contributed by atoms with Crippen molar-refractivity contribution in [3.8, 4) is 0 Å². The fourth-order valence-corrected chi connectivity index (χ4v) is 1.35. The van der Waals surface area contributed by atoms with Crippen LogP contribution in [-0.2, 0) is 11.2 Å². The Balaban J connectivity index is 3.04. The Morgan fingerprint density at radius 2 is 1.94 bits per heavy atom. The van der Waals surface area contributed by atoms with Crippen molar-refractivity contribution in [3.05, 3.63) is 34.6 Å². The molecule has 0 heterocycles. The molecule has 86 valence electrons. The Morgan fingerprint density at radius 1 is 1.31 bits per heavy atom. The summed E-state index contributed by atoms with van der Waals surface area (Å²) in [4.78, 5) is 21.1. The van der Waals surface area contributed by atoms with Crippen LogP contribution in [0.5, 0.6) is 0 Å². The molecular formula is C11H11FO4. The monoisotopic (exact) mass is 226 g/mol. The minimum Gasteiger partial charge on any atom is -0.481 e. The van der Waals surface area contributed by atoms with E-state index in [0.717, 1.165) is 0 Å². The summed E-state index contributed by atoms with van der Waals surface area (Å²) in [6, 6.07) is 2.48. The molecule has 0 spiro atoms. The van der Waals surface area contributed by atoms with Gasteiger partial charge in [0.05, 0.1) is 5.56 Å². The third-order valence-electron chi connectivity index (χ3n) is 2.26. The molecule has 0 atom stereocenters. The number of carbonyl (C=O) groups is 2. The predicted octanol–water partition coefficient (Wildman–Crippen LogP) is 1.85. The van der Waals surface area contributed by atoms with Gasteiger partial charge in [-0.25, -0.2) is 9.18 Å². The van der Waals surface area contributed by atoms with E-state index >= 15 is 0 Å². The molecule has 5 heteroatoms. The van der Waals surface area contributed by atoms with Gasteiger partial charge in [-0.2, -0.15) is 0 Å². The van der Waals surface area contributed by atoms with Crippen LogP contribution in [0.3, 0.4) is 0 Å². The van der Waals surface area contributed by atoms with Crippen molar-refractivity contribution < 1.29 is 24.2 Å². The molecule has 0 aliphatic rings. The van der Waals surface area contributed by atoms with Crippen molar-refractivity contribution in [1.82, 2.24) is 0 Å². The van der Waals surface area contributed by atoms with Gasteiger partial charge in [0.25, 0.3) is 0 Å². The molecule has 1 aromatic rings. The molecule has 0 aliphatic heterocycles. The highest BCUT2D eigenvalue weighted by Gasteiger charge is 2.13. The highest BCUT2D eigenvalue weighted by molar-refractivity contribution is 5.89. The lowest BCUT2D eigenvalue weighted by molar-refractivity contribution is -0.136. The summed E-state index contributed by atoms with van der Waals surface area (Å²) >= 11 is 0. The summed E-state index contributed by atoms with van der Waals surface area (Å²) in [5.74, 6) is -2.84. The van der Waals surface area contributed by atoms with Gasteiger partial charge in [0.1, 0.15) is 5.82 Å². The average Bonchev–Trinajstić information content (AvgIpc) is 2.19. The average molecular weight is 226 g/mol. The van der Waals surface area contributed by atoms with Crippen molar-refractivity contribution in [1.29, 1.82) is 0 Å². The van der Waals surface area contributed by atoms with E-state index in [1.807, 2.05) is 0 Å². The van der Waals surface area contributed by atoms with Crippen LogP contribution in [-0.4, -0.2) is 22.2 Å². The molecule has 0 amide bonds. The Morgan fingerprint density at radius 3 is 2.44 bits per heavy atom. The molecule has 16 heavy (non-hydrogen) atoms. The van der Waals surface area contributed by atoms with Crippen LogP contribution in [0.25, 0.3) is 0 Å². The predicted molar refractivity (Wildman–Crippen MR) is 54.1 cm³/mol. The minimum absolute atomic E-state index is 0.0616. The maximum absolute atomic E-state index is 13.3. The molecule has 0 fully saturated rings. The van der Waals surface area contributed by atoms with E-state index < -0.39 is 17.8 Å². The van der Waals surface area contributed by atoms with E-state index in [1.165, 1.54) is 19.1 Å². The van der Waals surface area contributed by atoms with Crippen molar-refractivity contribution in [2.75, 3.05) is 0 Å². The van der Waals surface area contributed by atoms with Gasteiger partial charge in [-0.05, 0) is 36.6 Å². The Hall–Kier alpha value is -1.91. The van der Waals surface area contributed by atoms with E-state index in [-0.39, 0.29) is 24.0 Å². The summed E-state index contributed by atoms with van der Waals surface area (Å²) < 4.78 is 13.3. The van der Waals surface area contributed by atoms with E-state index in [9.17, 15) is 14.0 Å². The largest absolute Gasteiger partial charge is 0.481 e. The third kappa shape index (κ3) is 2.79. The van der Waals surface area contributed by atoms with E-state index in [4.69, 9.17) is 10.2 Å². The normalized spacial score (nSPS) is 10.1. The molecule has 4 nitrogen and oxygen atoms in total. The second-order valence-corrected chi connectivity index (χ2v) is 3.45. The lowest BCUT2D eigenvalue weighted by Gasteiger charge is -2.06. The number of aromatic carboxylic acids is 1. The van der Waals surface area contributed by atoms with Crippen molar-refractivity contribution in [2.45, 2.75) is 19.8 Å². The van der Waals surface area contributed by atoms with Crippen molar-refractivity contribution in [3.63, 3.8) is 0 Å². The highest BCUT2D eigenvalue weighted by Crippen LogP contribution is 2.17. The number of halogens is 1. The van der Waals surface area contributed by atoms with Gasteiger partial charge in [0.2, 0.25) is 0 Å². The number of aliphatic carboxylic acids is 1. The topological polar surface area (TPSA) is 74.6 Å². The lowest BCUT2D eigenvalue weighted by Crippen LogP contribution is -2.05. The SMILES string of the molecule is Cc1c(F)cc(CCC(=O)O)cc1C(=O)O. The number of carboxylic acid groups (broad SMARTS) is 2. The summed E-state index contributed by atoms with van der Waals surface area (Å²) in [6.45, 7) is 1.37. The third-order valence-corrected chi connectivity index (χ3v) is 2.26. The molecule has 0 unspecified atom stereocenters. The molecule has 0 aliphatic carbocycles. The summed E-state index contributed by atoms with van der Waals surface area (Å²) in [7, 11) is 0. The van der Waals surface area contributed by atoms with E-state index in [2.05, 4.69) is 0 Å². The maximum atomic E-state index is 13.3. The summed E-state index contributed by atoms with van der Waals surface area (Å²) in [5.41, 5.74) is 0.315. The van der Waals surface area contributed by atoms with Crippen LogP contribution < -0.4 is 0 Å². The highest BCUT2D eigenvalue weighted by atomic mass is 19.1. The van der Waals surface area contributed by atoms with Gasteiger partial charge in [-0.3, -0.25) is 4.79 Å². The molecule has 0 saturated heterocycles. The van der Waals surface area contributed by atoms with Gasteiger partial charge in [-0.15, -0.1) is 0 Å². The molecule has 1 aromatic carbocycles. The maximum Gasteiger partial charge on any atom is 0.336 e. The number of hydrogen-bond donors (Lipinski definition) is 2. The van der Waals surface area contributed by atoms with Crippen LogP contribution in [0.15, 0.2) is 12.1 Å². The van der Waals surface area contributed by atoms with Crippen LogP contribution in [0.4, 0.5) is 4.39 Å². The quantitative estimate of drug-likeness (QED) is 0.821. The zero-order valence-electron chi connectivity index (χ0n) is 8.66. The number of aryl methyl sites for hydroxylation is 1. The summed E-state index contributed by atoms with van der Waals surface area (Å²) in [6.07, 6.45) is -0.0334. The van der Waals surface area contributed by atoms with Crippen LogP contribution >= 0.6 is 0 Å². The molecule has 1 rings (SSSR count). The van der Waals surface area contributed by atoms with Crippen molar-refractivity contribution >= 4 is 11.9 Å². The Bertz CT molecular complexity index is 440. The van der Waals surface area contributed by atoms with Crippen LogP contribution in [0.2, 0.25) is 0 Å². The molecule has 0 saturated carbocycles. The number of carboxylic acids is 2. The Kier molecular flexibility index (Phi) is 3.60. The Labute approximate surface area is 91.3 Å². The number of rotatable bonds is 4. The second kappa shape index (κ2) is 4.74. The zero-order chi connectivity index (χ0) is 12.3. The van der Waals surface area contributed by atoms with Crippen molar-refractivity contribution in [2.24, 2.45) is 0 Å². The second-order valence-electron chi connectivity index (χ2n) is 3.45. The fourth-order valence-electron chi connectivity index (χ4n) is 1.35. The summed E-state index contributed by atoms with van der Waals surface area (Å²) in [5, 5.41) is 17.3. The zero-order valence-corrected chi connectivity index (χ0v) is 8.66. The molecule has 0 radical (unpaired) electrons. The smallest absolute Gasteiger partial charge is 0.336 e. The first-order valence-electron chi connectivity index (χ1n) is 4.66. The first-order chi connectivity index (χ1) is 7.41. The molecule has 2 N–H and O–H groups in total. The van der Waals surface area contributed by atoms with Gasteiger partial charge in [0, 0.05) is 6.42 Å².